The number of aromatic nitrogens is 3. The minimum Gasteiger partial charge on any atom is -0.491 e. The standard InChI is InChI=1S/C32H29F4N5O5/c1-2-45-29-20(15-27(37)42)14-26(41-28(29)18-3-6-21(33)7-4-18)31(44,32(34,35)36)17-40-30(43)19-5-10-25(46-22-8-9-22)23(13-19)24-16-38-11-12-39-24/h3-7,10-14,16,22,44H,2,8-9,15,17H2,1H3,(H2,37,42)(H,40,43)/t31-/m0/s1. The van der Waals surface area contributed by atoms with E-state index in [0.717, 1.165) is 31.0 Å². The Morgan fingerprint density at radius 3 is 2.43 bits per heavy atom. The molecule has 46 heavy (non-hydrogen) atoms. The van der Waals surface area contributed by atoms with Crippen LogP contribution in [0.2, 0.25) is 0 Å². The molecule has 2 amide bonds. The van der Waals surface area contributed by atoms with E-state index in [1.165, 1.54) is 48.9 Å². The number of pyridine rings is 1. The van der Waals surface area contributed by atoms with Crippen molar-refractivity contribution in [3.8, 4) is 34.0 Å². The summed E-state index contributed by atoms with van der Waals surface area (Å²) in [6, 6.07) is 9.84. The molecular weight excluding hydrogens is 610 g/mol. The largest absolute Gasteiger partial charge is 0.491 e. The van der Waals surface area contributed by atoms with Crippen LogP contribution in [0.4, 0.5) is 17.6 Å². The number of rotatable bonds is 12. The molecule has 0 spiro atoms. The third kappa shape index (κ3) is 7.07. The molecule has 0 unspecified atom stereocenters. The highest BCUT2D eigenvalue weighted by Crippen LogP contribution is 2.42. The van der Waals surface area contributed by atoms with Crippen LogP contribution in [-0.4, -0.2) is 57.3 Å². The van der Waals surface area contributed by atoms with Crippen LogP contribution >= 0.6 is 0 Å². The van der Waals surface area contributed by atoms with E-state index in [1.807, 2.05) is 0 Å². The summed E-state index contributed by atoms with van der Waals surface area (Å²) in [4.78, 5) is 37.5. The number of benzene rings is 2. The van der Waals surface area contributed by atoms with Crippen LogP contribution in [0.5, 0.6) is 11.5 Å². The number of carbonyl (C=O) groups excluding carboxylic acids is 2. The molecule has 0 radical (unpaired) electrons. The summed E-state index contributed by atoms with van der Waals surface area (Å²) < 4.78 is 69.3. The lowest BCUT2D eigenvalue weighted by Crippen LogP contribution is -2.51. The molecule has 0 aliphatic heterocycles. The molecule has 0 saturated heterocycles. The van der Waals surface area contributed by atoms with Gasteiger partial charge in [-0.1, -0.05) is 0 Å². The summed E-state index contributed by atoms with van der Waals surface area (Å²) in [5.41, 5.74) is 1.33. The molecule has 2 aromatic carbocycles. The van der Waals surface area contributed by atoms with Gasteiger partial charge in [-0.05, 0) is 68.3 Å². The number of hydrogen-bond donors (Lipinski definition) is 3. The quantitative estimate of drug-likeness (QED) is 0.192. The van der Waals surface area contributed by atoms with Gasteiger partial charge in [0, 0.05) is 34.6 Å². The number of halogens is 4. The summed E-state index contributed by atoms with van der Waals surface area (Å²) in [6.07, 6.45) is 0.186. The molecule has 1 aliphatic carbocycles. The van der Waals surface area contributed by atoms with E-state index in [0.29, 0.717) is 17.0 Å². The first-order valence-electron chi connectivity index (χ1n) is 14.3. The van der Waals surface area contributed by atoms with Gasteiger partial charge in [-0.3, -0.25) is 19.6 Å². The maximum Gasteiger partial charge on any atom is 0.424 e. The molecule has 1 saturated carbocycles. The second kappa shape index (κ2) is 13.1. The summed E-state index contributed by atoms with van der Waals surface area (Å²) in [5, 5.41) is 13.4. The Morgan fingerprint density at radius 2 is 1.83 bits per heavy atom. The summed E-state index contributed by atoms with van der Waals surface area (Å²) in [6.45, 7) is 0.302. The van der Waals surface area contributed by atoms with E-state index in [-0.39, 0.29) is 40.8 Å². The van der Waals surface area contributed by atoms with Crippen LogP contribution in [0.25, 0.3) is 22.5 Å². The minimum atomic E-state index is -5.36. The summed E-state index contributed by atoms with van der Waals surface area (Å²) >= 11 is 0. The van der Waals surface area contributed by atoms with Gasteiger partial charge in [0.15, 0.2) is 0 Å². The normalized spacial score (nSPS) is 14.3. The maximum absolute atomic E-state index is 14.7. The lowest BCUT2D eigenvalue weighted by Gasteiger charge is -2.31. The predicted octanol–water partition coefficient (Wildman–Crippen LogP) is 4.49. The maximum atomic E-state index is 14.7. The Hall–Kier alpha value is -5.11. The second-order valence-electron chi connectivity index (χ2n) is 10.6. The molecular formula is C32H29F4N5O5. The fourth-order valence-corrected chi connectivity index (χ4v) is 4.65. The molecule has 2 aromatic heterocycles. The van der Waals surface area contributed by atoms with E-state index in [2.05, 4.69) is 20.3 Å². The Balaban J connectivity index is 1.52. The van der Waals surface area contributed by atoms with Gasteiger partial charge in [-0.2, -0.15) is 13.2 Å². The lowest BCUT2D eigenvalue weighted by atomic mass is 9.93. The van der Waals surface area contributed by atoms with Crippen LogP contribution in [0.3, 0.4) is 0 Å². The lowest BCUT2D eigenvalue weighted by molar-refractivity contribution is -0.265. The Bertz CT molecular complexity index is 1730. The van der Waals surface area contributed by atoms with Gasteiger partial charge in [0.1, 0.15) is 23.0 Å². The number of nitrogens with two attached hydrogens (primary N) is 1. The van der Waals surface area contributed by atoms with Gasteiger partial charge in [-0.25, -0.2) is 9.37 Å². The smallest absolute Gasteiger partial charge is 0.424 e. The van der Waals surface area contributed by atoms with Crippen molar-refractivity contribution in [2.24, 2.45) is 5.73 Å². The van der Waals surface area contributed by atoms with Crippen molar-refractivity contribution in [2.75, 3.05) is 13.2 Å². The molecule has 5 rings (SSSR count). The van der Waals surface area contributed by atoms with Crippen LogP contribution < -0.4 is 20.5 Å². The number of aliphatic hydroxyl groups is 1. The molecule has 1 aliphatic rings. The predicted molar refractivity (Wildman–Crippen MR) is 157 cm³/mol. The molecule has 1 atom stereocenters. The number of primary amides is 1. The second-order valence-corrected chi connectivity index (χ2v) is 10.6. The van der Waals surface area contributed by atoms with E-state index in [1.54, 1.807) is 6.92 Å². The fourth-order valence-electron chi connectivity index (χ4n) is 4.65. The van der Waals surface area contributed by atoms with Gasteiger partial charge in [0.2, 0.25) is 11.5 Å². The van der Waals surface area contributed by atoms with E-state index < -0.39 is 48.1 Å². The zero-order valence-electron chi connectivity index (χ0n) is 24.5. The highest BCUT2D eigenvalue weighted by atomic mass is 19.4. The Morgan fingerprint density at radius 1 is 1.09 bits per heavy atom. The van der Waals surface area contributed by atoms with Crippen molar-refractivity contribution in [2.45, 2.75) is 44.1 Å². The highest BCUT2D eigenvalue weighted by Gasteiger charge is 2.56. The number of hydrogen-bond acceptors (Lipinski definition) is 8. The SMILES string of the molecule is CCOc1c(CC(N)=O)cc([C@@](O)(CNC(=O)c2ccc(OC3CC3)c(-c3cnccn3)c2)C(F)(F)F)nc1-c1ccc(F)cc1. The Kier molecular flexibility index (Phi) is 9.19. The molecule has 10 nitrogen and oxygen atoms in total. The van der Waals surface area contributed by atoms with Gasteiger partial charge >= 0.3 is 6.18 Å². The van der Waals surface area contributed by atoms with Crippen LogP contribution in [0.15, 0.2) is 67.1 Å². The van der Waals surface area contributed by atoms with E-state index >= 15 is 0 Å². The van der Waals surface area contributed by atoms with Crippen molar-refractivity contribution in [3.05, 3.63) is 89.8 Å². The zero-order valence-corrected chi connectivity index (χ0v) is 24.5. The third-order valence-corrected chi connectivity index (χ3v) is 7.12. The average Bonchev–Trinajstić information content (AvgIpc) is 3.85. The van der Waals surface area contributed by atoms with Crippen molar-refractivity contribution >= 4 is 11.8 Å². The molecule has 0 bridgehead atoms. The highest BCUT2D eigenvalue weighted by molar-refractivity contribution is 5.96. The van der Waals surface area contributed by atoms with Gasteiger partial charge < -0.3 is 25.6 Å². The number of amides is 2. The number of alkyl halides is 3. The molecule has 240 valence electrons. The van der Waals surface area contributed by atoms with Crippen molar-refractivity contribution in [1.82, 2.24) is 20.3 Å². The van der Waals surface area contributed by atoms with Gasteiger partial charge in [-0.15, -0.1) is 0 Å². The fraction of sp³-hybridized carbons (Fsp3) is 0.281. The molecule has 4 N–H and O–H groups in total. The summed E-state index contributed by atoms with van der Waals surface area (Å²) in [7, 11) is 0. The molecule has 4 aromatic rings. The first-order valence-corrected chi connectivity index (χ1v) is 14.3. The molecule has 14 heteroatoms. The van der Waals surface area contributed by atoms with Gasteiger partial charge in [0.25, 0.3) is 5.91 Å². The van der Waals surface area contributed by atoms with E-state index in [9.17, 15) is 32.3 Å². The van der Waals surface area contributed by atoms with Crippen LogP contribution in [0.1, 0.15) is 41.4 Å². The van der Waals surface area contributed by atoms with E-state index in [4.69, 9.17) is 15.2 Å². The van der Waals surface area contributed by atoms with Crippen molar-refractivity contribution in [3.63, 3.8) is 0 Å². The molecule has 2 heterocycles. The Labute approximate surface area is 260 Å². The molecule has 1 fully saturated rings. The number of nitrogens with one attached hydrogen (secondary N) is 1. The van der Waals surface area contributed by atoms with Crippen molar-refractivity contribution < 1.29 is 41.7 Å². The summed E-state index contributed by atoms with van der Waals surface area (Å²) in [5.74, 6) is -2.07. The van der Waals surface area contributed by atoms with Gasteiger partial charge in [0.05, 0.1) is 43.3 Å². The minimum absolute atomic E-state index is 0.0118. The monoisotopic (exact) mass is 639 g/mol. The first-order chi connectivity index (χ1) is 21.9. The van der Waals surface area contributed by atoms with Crippen molar-refractivity contribution in [1.29, 1.82) is 0 Å². The van der Waals surface area contributed by atoms with Crippen LogP contribution in [0, 0.1) is 5.82 Å². The topological polar surface area (TPSA) is 150 Å². The number of nitrogens with zero attached hydrogens (tertiary/aromatic N) is 3. The third-order valence-electron chi connectivity index (χ3n) is 7.12. The van der Waals surface area contributed by atoms with Crippen LogP contribution in [-0.2, 0) is 16.8 Å². The number of carbonyl (C=O) groups is 2. The number of ether oxygens (including phenoxy) is 2. The average molecular weight is 640 g/mol. The first kappa shape index (κ1) is 32.3. The zero-order chi connectivity index (χ0) is 33.1.